The second-order valence-corrected chi connectivity index (χ2v) is 13.0. The third-order valence-electron chi connectivity index (χ3n) is 7.56. The van der Waals surface area contributed by atoms with Crippen molar-refractivity contribution in [3.8, 4) is 0 Å². The van der Waals surface area contributed by atoms with E-state index in [2.05, 4.69) is 0 Å². The minimum absolute atomic E-state index is 0.222. The minimum Gasteiger partial charge on any atom is -0.463 e. The van der Waals surface area contributed by atoms with Crippen molar-refractivity contribution in [2.75, 3.05) is 6.61 Å². The Kier molecular flexibility index (Phi) is 11.0. The number of carbonyl (C=O) groups excluding carboxylic acids is 5. The molecule has 2 amide bonds. The molecule has 46 heavy (non-hydrogen) atoms. The van der Waals surface area contributed by atoms with Crippen molar-refractivity contribution in [1.29, 1.82) is 5.41 Å². The van der Waals surface area contributed by atoms with Gasteiger partial charge < -0.3 is 23.7 Å². The Morgan fingerprint density at radius 3 is 1.74 bits per heavy atom. The number of likely N-dealkylation sites (tertiary alicyclic amines) is 1. The lowest BCUT2D eigenvalue weighted by Gasteiger charge is -2.50. The Labute approximate surface area is 279 Å². The number of esters is 3. The van der Waals surface area contributed by atoms with Crippen LogP contribution in [0.15, 0.2) is 60.7 Å². The highest BCUT2D eigenvalue weighted by Crippen LogP contribution is 2.45. The fraction of sp³-hybridized carbons (Fsp3) is 0.419. The van der Waals surface area contributed by atoms with E-state index in [0.717, 1.165) is 25.7 Å². The first-order chi connectivity index (χ1) is 21.6. The molecule has 2 fully saturated rings. The number of nitrogens with zero attached hydrogens (tertiary/aromatic N) is 1. The monoisotopic (exact) mass is 696 g/mol. The van der Waals surface area contributed by atoms with Gasteiger partial charge in [-0.05, 0) is 11.1 Å². The maximum atomic E-state index is 14.3. The van der Waals surface area contributed by atoms with Crippen molar-refractivity contribution >= 4 is 70.4 Å². The molecule has 4 rings (SSSR count). The zero-order chi connectivity index (χ0) is 33.8. The fourth-order valence-corrected chi connectivity index (χ4v) is 5.88. The first kappa shape index (κ1) is 35.1. The van der Waals surface area contributed by atoms with Gasteiger partial charge in [0.15, 0.2) is 12.2 Å². The second kappa shape index (κ2) is 14.4. The molecule has 246 valence electrons. The van der Waals surface area contributed by atoms with Gasteiger partial charge in [-0.2, -0.15) is 0 Å². The zero-order valence-electron chi connectivity index (χ0n) is 24.9. The summed E-state index contributed by atoms with van der Waals surface area (Å²) in [5, 5.41) is 8.21. The smallest absolute Gasteiger partial charge is 0.303 e. The third kappa shape index (κ3) is 7.80. The van der Waals surface area contributed by atoms with Gasteiger partial charge in [-0.1, -0.05) is 95.5 Å². The van der Waals surface area contributed by atoms with Crippen LogP contribution in [0, 0.1) is 5.41 Å². The summed E-state index contributed by atoms with van der Waals surface area (Å²) in [6.07, 6.45) is -6.77. The van der Waals surface area contributed by atoms with Crippen LogP contribution in [-0.4, -0.2) is 81.6 Å². The highest BCUT2D eigenvalue weighted by atomic mass is 35.6. The van der Waals surface area contributed by atoms with Gasteiger partial charge in [0.25, 0.3) is 3.79 Å². The van der Waals surface area contributed by atoms with Crippen LogP contribution < -0.4 is 0 Å². The molecule has 0 saturated carbocycles. The predicted octanol–water partition coefficient (Wildman–Crippen LogP) is 4.01. The first-order valence-corrected chi connectivity index (χ1v) is 15.2. The lowest BCUT2D eigenvalue weighted by molar-refractivity contribution is -0.273. The topological polar surface area (TPSA) is 159 Å². The molecule has 2 aliphatic heterocycles. The molecule has 0 bridgehead atoms. The van der Waals surface area contributed by atoms with Crippen molar-refractivity contribution < 1.29 is 47.7 Å². The molecule has 0 aliphatic carbocycles. The lowest BCUT2D eigenvalue weighted by atomic mass is 9.67. The number of amides is 2. The van der Waals surface area contributed by atoms with E-state index in [9.17, 15) is 24.0 Å². The molecular formula is C31H31Cl3N2O10. The van der Waals surface area contributed by atoms with E-state index >= 15 is 0 Å². The minimum atomic E-state index is -2.41. The normalized spacial score (nSPS) is 24.5. The highest BCUT2D eigenvalue weighted by molar-refractivity contribution is 6.76. The summed E-state index contributed by atoms with van der Waals surface area (Å²) in [5.74, 6) is -4.83. The first-order valence-electron chi connectivity index (χ1n) is 14.1. The molecule has 0 aromatic heterocycles. The van der Waals surface area contributed by atoms with Gasteiger partial charge in [0.05, 0.1) is 0 Å². The second-order valence-electron chi connectivity index (χ2n) is 10.8. The molecule has 12 nitrogen and oxygen atoms in total. The van der Waals surface area contributed by atoms with Crippen molar-refractivity contribution in [3.05, 3.63) is 71.8 Å². The van der Waals surface area contributed by atoms with Gasteiger partial charge in [0.2, 0.25) is 24.0 Å². The number of piperidine rings is 1. The van der Waals surface area contributed by atoms with E-state index in [4.69, 9.17) is 63.9 Å². The molecular weight excluding hydrogens is 667 g/mol. The number of carbonyl (C=O) groups is 5. The van der Waals surface area contributed by atoms with Crippen LogP contribution in [0.3, 0.4) is 0 Å². The molecule has 1 unspecified atom stereocenters. The van der Waals surface area contributed by atoms with Crippen molar-refractivity contribution in [3.63, 3.8) is 0 Å². The molecule has 5 atom stereocenters. The van der Waals surface area contributed by atoms with Crippen molar-refractivity contribution in [2.24, 2.45) is 0 Å². The zero-order valence-corrected chi connectivity index (χ0v) is 27.2. The molecule has 2 aromatic rings. The summed E-state index contributed by atoms with van der Waals surface area (Å²) in [6.45, 7) is 2.73. The molecule has 1 N–H and O–H groups in total. The van der Waals surface area contributed by atoms with Crippen molar-refractivity contribution in [2.45, 2.75) is 73.5 Å². The number of hydrogen-bond donors (Lipinski definition) is 1. The summed E-state index contributed by atoms with van der Waals surface area (Å²) in [5.41, 5.74) is 0.348. The van der Waals surface area contributed by atoms with E-state index in [1.807, 2.05) is 36.4 Å². The van der Waals surface area contributed by atoms with E-state index in [1.54, 1.807) is 24.3 Å². The maximum Gasteiger partial charge on any atom is 0.303 e. The predicted molar refractivity (Wildman–Crippen MR) is 164 cm³/mol. The summed E-state index contributed by atoms with van der Waals surface area (Å²) in [4.78, 5) is 65.8. The SMILES string of the molecule is CC(=O)OC[C@H]1OC(OC(=N)C(Cl)(Cl)Cl)[C@H](N2C(=O)CC(c3ccccc3)(c3ccccc3)CC2=O)[C@@H](OC(C)=O)[C@@H]1OC(C)=O. The van der Waals surface area contributed by atoms with Gasteiger partial charge >= 0.3 is 17.9 Å². The number of alkyl halides is 3. The van der Waals surface area contributed by atoms with E-state index < -0.39 is 82.1 Å². The van der Waals surface area contributed by atoms with Crippen LogP contribution in [-0.2, 0) is 53.1 Å². The Morgan fingerprint density at radius 2 is 1.30 bits per heavy atom. The molecule has 2 saturated heterocycles. The largest absolute Gasteiger partial charge is 0.463 e. The number of imide groups is 1. The Hall–Kier alpha value is -3.71. The molecule has 0 radical (unpaired) electrons. The van der Waals surface area contributed by atoms with Gasteiger partial charge in [-0.3, -0.25) is 34.3 Å². The van der Waals surface area contributed by atoms with E-state index in [-0.39, 0.29) is 12.8 Å². The highest BCUT2D eigenvalue weighted by Gasteiger charge is 2.59. The quantitative estimate of drug-likeness (QED) is 0.107. The summed E-state index contributed by atoms with van der Waals surface area (Å²) in [7, 11) is 0. The van der Waals surface area contributed by atoms with Crippen LogP contribution in [0.5, 0.6) is 0 Å². The van der Waals surface area contributed by atoms with Crippen LogP contribution in [0.1, 0.15) is 44.7 Å². The number of hydrogen-bond acceptors (Lipinski definition) is 11. The third-order valence-corrected chi connectivity index (χ3v) is 8.07. The van der Waals surface area contributed by atoms with Crippen LogP contribution in [0.4, 0.5) is 0 Å². The van der Waals surface area contributed by atoms with E-state index in [0.29, 0.717) is 11.1 Å². The molecule has 2 aromatic carbocycles. The Bertz CT molecular complexity index is 1420. The number of ether oxygens (including phenoxy) is 5. The molecule has 2 heterocycles. The number of benzene rings is 2. The number of halogens is 3. The lowest BCUT2D eigenvalue weighted by Crippen LogP contribution is -2.70. The molecule has 0 spiro atoms. The Morgan fingerprint density at radius 1 is 0.826 bits per heavy atom. The number of rotatable bonds is 8. The van der Waals surface area contributed by atoms with Gasteiger partial charge in [-0.15, -0.1) is 0 Å². The van der Waals surface area contributed by atoms with Crippen molar-refractivity contribution in [1.82, 2.24) is 4.90 Å². The Balaban J connectivity index is 1.84. The standard InChI is InChI=1S/C31H31Cl3N2O10/c1-17(37)42-16-22-26(43-18(2)38)27(44-19(3)39)25(28(45-22)46-29(35)31(32,33)34)36-23(40)14-30(15-24(36)41,20-10-6-4-7-11-20)21-12-8-5-9-13-21/h4-13,22,25-28,35H,14-16H2,1-3H3/t22-,25-,26-,27-,28?/m1/s1. The van der Waals surface area contributed by atoms with Gasteiger partial charge in [0, 0.05) is 39.0 Å². The van der Waals surface area contributed by atoms with Crippen LogP contribution in [0.2, 0.25) is 0 Å². The average Bonchev–Trinajstić information content (AvgIpc) is 2.98. The molecule has 15 heteroatoms. The van der Waals surface area contributed by atoms with Gasteiger partial charge in [0.1, 0.15) is 18.8 Å². The average molecular weight is 698 g/mol. The van der Waals surface area contributed by atoms with Gasteiger partial charge in [-0.25, -0.2) is 0 Å². The summed E-state index contributed by atoms with van der Waals surface area (Å²) >= 11 is 17.6. The molecule has 2 aliphatic rings. The summed E-state index contributed by atoms with van der Waals surface area (Å²) < 4.78 is 25.3. The van der Waals surface area contributed by atoms with Crippen LogP contribution in [0.25, 0.3) is 0 Å². The maximum absolute atomic E-state index is 14.3. The number of nitrogens with one attached hydrogen (secondary N) is 1. The fourth-order valence-electron chi connectivity index (χ4n) is 5.75. The van der Waals surface area contributed by atoms with Crippen LogP contribution >= 0.6 is 34.8 Å². The van der Waals surface area contributed by atoms with E-state index in [1.165, 1.54) is 0 Å². The summed E-state index contributed by atoms with van der Waals surface area (Å²) in [6, 6.07) is 16.4.